The normalized spacial score (nSPS) is 17.7. The Kier molecular flexibility index (Phi) is 5.13. The number of nitrogens with zero attached hydrogens (tertiary/aromatic N) is 4. The highest BCUT2D eigenvalue weighted by Crippen LogP contribution is 2.34. The van der Waals surface area contributed by atoms with E-state index in [-0.39, 0.29) is 18.4 Å². The van der Waals surface area contributed by atoms with Gasteiger partial charge in [-0.1, -0.05) is 12.1 Å². The Morgan fingerprint density at radius 1 is 1.33 bits per heavy atom. The van der Waals surface area contributed by atoms with Gasteiger partial charge in [0.1, 0.15) is 6.54 Å². The third-order valence-electron chi connectivity index (χ3n) is 4.84. The second-order valence-electron chi connectivity index (χ2n) is 6.73. The Hall–Kier alpha value is -2.39. The number of carbonyl (C=O) groups is 2. The Bertz CT molecular complexity index is 861. The highest BCUT2D eigenvalue weighted by atomic mass is 32.2. The van der Waals surface area contributed by atoms with Crippen LogP contribution < -0.4 is 15.5 Å². The molecule has 2 aromatic rings. The summed E-state index contributed by atoms with van der Waals surface area (Å²) in [5.74, 6) is 1.50. The molecule has 9 heteroatoms. The number of piperidine rings is 1. The van der Waals surface area contributed by atoms with Crippen LogP contribution in [0.25, 0.3) is 0 Å². The van der Waals surface area contributed by atoms with Crippen LogP contribution in [0.2, 0.25) is 0 Å². The van der Waals surface area contributed by atoms with Crippen LogP contribution in [-0.2, 0) is 16.6 Å². The number of aromatic nitrogens is 3. The zero-order valence-electron chi connectivity index (χ0n) is 15.1. The predicted molar refractivity (Wildman–Crippen MR) is 104 cm³/mol. The van der Waals surface area contributed by atoms with Crippen molar-refractivity contribution < 1.29 is 9.59 Å². The summed E-state index contributed by atoms with van der Waals surface area (Å²) >= 11 is 1.50. The van der Waals surface area contributed by atoms with Gasteiger partial charge in [-0.2, -0.15) is 10.1 Å². The van der Waals surface area contributed by atoms with Gasteiger partial charge >= 0.3 is 0 Å². The van der Waals surface area contributed by atoms with E-state index in [1.54, 1.807) is 11.7 Å². The molecule has 2 N–H and O–H groups in total. The zero-order valence-corrected chi connectivity index (χ0v) is 16.0. The van der Waals surface area contributed by atoms with Crippen LogP contribution in [0.1, 0.15) is 24.6 Å². The molecule has 0 spiro atoms. The number of hydrogen-bond donors (Lipinski definition) is 2. The molecule has 1 saturated heterocycles. The highest BCUT2D eigenvalue weighted by molar-refractivity contribution is 8.00. The maximum atomic E-state index is 12.6. The average molecular weight is 386 g/mol. The first-order valence-corrected chi connectivity index (χ1v) is 10.0. The Labute approximate surface area is 161 Å². The van der Waals surface area contributed by atoms with E-state index in [1.807, 2.05) is 24.3 Å². The standard InChI is InChI=1S/C18H22N6O2S/c1-23-18(21-17(22-23)12-6-8-19-9-7-12)20-15(25)10-24-13-4-2-3-5-14(13)27-11-16(24)26/h2-5,12,19H,6-11H2,1H3,(H,20,21,22,25). The largest absolute Gasteiger partial charge is 0.317 e. The summed E-state index contributed by atoms with van der Waals surface area (Å²) in [6.45, 7) is 1.88. The summed E-state index contributed by atoms with van der Waals surface area (Å²) < 4.78 is 1.59. The highest BCUT2D eigenvalue weighted by Gasteiger charge is 2.27. The molecule has 0 aliphatic carbocycles. The number of amides is 2. The Morgan fingerprint density at radius 3 is 2.93 bits per heavy atom. The Morgan fingerprint density at radius 2 is 2.11 bits per heavy atom. The number of carbonyl (C=O) groups excluding carboxylic acids is 2. The van der Waals surface area contributed by atoms with Gasteiger partial charge in [0.2, 0.25) is 17.8 Å². The molecule has 1 aromatic carbocycles. The average Bonchev–Trinajstić information content (AvgIpc) is 3.05. The van der Waals surface area contributed by atoms with Crippen LogP contribution in [-0.4, -0.2) is 52.0 Å². The van der Waals surface area contributed by atoms with Gasteiger partial charge in [0, 0.05) is 17.9 Å². The van der Waals surface area contributed by atoms with Crippen molar-refractivity contribution >= 4 is 35.2 Å². The van der Waals surface area contributed by atoms with Crippen molar-refractivity contribution in [3.63, 3.8) is 0 Å². The number of rotatable bonds is 4. The smallest absolute Gasteiger partial charge is 0.246 e. The van der Waals surface area contributed by atoms with Crippen LogP contribution in [0, 0.1) is 0 Å². The van der Waals surface area contributed by atoms with E-state index in [1.165, 1.54) is 16.7 Å². The lowest BCUT2D eigenvalue weighted by molar-refractivity contribution is -0.120. The predicted octanol–water partition coefficient (Wildman–Crippen LogP) is 1.36. The zero-order chi connectivity index (χ0) is 18.8. The first-order valence-electron chi connectivity index (χ1n) is 9.05. The van der Waals surface area contributed by atoms with Crippen LogP contribution in [0.3, 0.4) is 0 Å². The number of thioether (sulfide) groups is 1. The van der Waals surface area contributed by atoms with Gasteiger partial charge in [-0.25, -0.2) is 4.68 Å². The monoisotopic (exact) mass is 386 g/mol. The molecular weight excluding hydrogens is 364 g/mol. The Balaban J connectivity index is 1.45. The van der Waals surface area contributed by atoms with Crippen LogP contribution >= 0.6 is 11.8 Å². The molecule has 2 aliphatic heterocycles. The molecule has 27 heavy (non-hydrogen) atoms. The fourth-order valence-electron chi connectivity index (χ4n) is 3.40. The number of benzene rings is 1. The van der Waals surface area contributed by atoms with E-state index in [0.29, 0.717) is 17.6 Å². The first-order chi connectivity index (χ1) is 13.1. The van der Waals surface area contributed by atoms with E-state index < -0.39 is 0 Å². The number of fused-ring (bicyclic) bond motifs is 1. The lowest BCUT2D eigenvalue weighted by Gasteiger charge is -2.28. The van der Waals surface area contributed by atoms with E-state index >= 15 is 0 Å². The summed E-state index contributed by atoms with van der Waals surface area (Å²) in [5.41, 5.74) is 0.780. The van der Waals surface area contributed by atoms with E-state index in [4.69, 9.17) is 0 Å². The van der Waals surface area contributed by atoms with Crippen molar-refractivity contribution in [3.8, 4) is 0 Å². The third kappa shape index (κ3) is 3.84. The topological polar surface area (TPSA) is 92.2 Å². The molecule has 0 saturated carbocycles. The van der Waals surface area contributed by atoms with Crippen LogP contribution in [0.4, 0.5) is 11.6 Å². The maximum Gasteiger partial charge on any atom is 0.246 e. The quantitative estimate of drug-likeness (QED) is 0.824. The summed E-state index contributed by atoms with van der Waals surface area (Å²) in [7, 11) is 1.77. The number of aryl methyl sites for hydroxylation is 1. The van der Waals surface area contributed by atoms with Gasteiger partial charge in [-0.15, -0.1) is 11.8 Å². The van der Waals surface area contributed by atoms with Crippen molar-refractivity contribution in [1.29, 1.82) is 0 Å². The molecule has 3 heterocycles. The molecule has 1 aromatic heterocycles. The van der Waals surface area contributed by atoms with Gasteiger partial charge in [0.15, 0.2) is 5.82 Å². The number of para-hydroxylation sites is 1. The van der Waals surface area contributed by atoms with Crippen LogP contribution in [0.5, 0.6) is 0 Å². The van der Waals surface area contributed by atoms with E-state index in [2.05, 4.69) is 20.7 Å². The molecule has 142 valence electrons. The van der Waals surface area contributed by atoms with Crippen molar-refractivity contribution in [2.45, 2.75) is 23.7 Å². The summed E-state index contributed by atoms with van der Waals surface area (Å²) in [6, 6.07) is 7.63. The van der Waals surface area contributed by atoms with Crippen molar-refractivity contribution in [2.75, 3.05) is 35.6 Å². The van der Waals surface area contributed by atoms with Gasteiger partial charge < -0.3 is 10.2 Å². The molecular formula is C18H22N6O2S. The molecule has 0 atom stereocenters. The maximum absolute atomic E-state index is 12.6. The fourth-order valence-corrected chi connectivity index (χ4v) is 4.34. The lowest BCUT2D eigenvalue weighted by Crippen LogP contribution is -2.41. The first kappa shape index (κ1) is 18.0. The minimum Gasteiger partial charge on any atom is -0.317 e. The summed E-state index contributed by atoms with van der Waals surface area (Å²) in [6.07, 6.45) is 1.99. The molecule has 0 bridgehead atoms. The van der Waals surface area contributed by atoms with Crippen LogP contribution in [0.15, 0.2) is 29.2 Å². The molecule has 0 unspecified atom stereocenters. The molecule has 0 radical (unpaired) electrons. The van der Waals surface area contributed by atoms with Crippen molar-refractivity contribution in [3.05, 3.63) is 30.1 Å². The van der Waals surface area contributed by atoms with Crippen molar-refractivity contribution in [1.82, 2.24) is 20.1 Å². The second-order valence-corrected chi connectivity index (χ2v) is 7.74. The fraction of sp³-hybridized carbons (Fsp3) is 0.444. The number of anilines is 2. The molecule has 8 nitrogen and oxygen atoms in total. The second kappa shape index (κ2) is 7.69. The summed E-state index contributed by atoms with van der Waals surface area (Å²) in [4.78, 5) is 31.9. The van der Waals surface area contributed by atoms with E-state index in [9.17, 15) is 9.59 Å². The third-order valence-corrected chi connectivity index (χ3v) is 5.89. The van der Waals surface area contributed by atoms with Gasteiger partial charge in [-0.3, -0.25) is 14.9 Å². The minimum absolute atomic E-state index is 0.0358. The molecule has 4 rings (SSSR count). The SMILES string of the molecule is Cn1nc(C2CCNCC2)nc1NC(=O)CN1C(=O)CSc2ccccc21. The molecule has 1 fully saturated rings. The van der Waals surface area contributed by atoms with Gasteiger partial charge in [0.05, 0.1) is 11.4 Å². The number of nitrogens with one attached hydrogen (secondary N) is 2. The van der Waals surface area contributed by atoms with Gasteiger partial charge in [0.25, 0.3) is 0 Å². The minimum atomic E-state index is -0.280. The van der Waals surface area contributed by atoms with Crippen molar-refractivity contribution in [2.24, 2.45) is 7.05 Å². The lowest BCUT2D eigenvalue weighted by atomic mass is 9.98. The number of hydrogen-bond acceptors (Lipinski definition) is 6. The van der Waals surface area contributed by atoms with Gasteiger partial charge in [-0.05, 0) is 38.1 Å². The summed E-state index contributed by atoms with van der Waals surface area (Å²) in [5, 5.41) is 10.6. The molecule has 2 aliphatic rings. The van der Waals surface area contributed by atoms with E-state index in [0.717, 1.165) is 42.3 Å². The molecule has 2 amide bonds.